The first-order valence-corrected chi connectivity index (χ1v) is 7.48. The van der Waals surface area contributed by atoms with Gasteiger partial charge in [-0.1, -0.05) is 49.2 Å². The van der Waals surface area contributed by atoms with E-state index in [1.54, 1.807) is 0 Å². The molecular formula is C15H21Cl2N. The van der Waals surface area contributed by atoms with Crippen LogP contribution >= 0.6 is 23.2 Å². The highest BCUT2D eigenvalue weighted by Gasteiger charge is 2.23. The van der Waals surface area contributed by atoms with Crippen molar-refractivity contribution >= 4 is 23.2 Å². The molecule has 1 fully saturated rings. The molecule has 1 aromatic carbocycles. The lowest BCUT2D eigenvalue weighted by Crippen LogP contribution is -2.35. The molecule has 18 heavy (non-hydrogen) atoms. The zero-order valence-electron chi connectivity index (χ0n) is 11.0. The van der Waals surface area contributed by atoms with E-state index in [1.165, 1.54) is 19.3 Å². The van der Waals surface area contributed by atoms with Crippen LogP contribution in [0.15, 0.2) is 18.2 Å². The molecule has 1 N–H and O–H groups in total. The Balaban J connectivity index is 1.93. The molecule has 0 bridgehead atoms. The molecule has 1 saturated carbocycles. The van der Waals surface area contributed by atoms with E-state index in [1.807, 2.05) is 18.2 Å². The van der Waals surface area contributed by atoms with Gasteiger partial charge in [0.15, 0.2) is 0 Å². The minimum absolute atomic E-state index is 0.610. The molecule has 100 valence electrons. The number of hydrogen-bond donors (Lipinski definition) is 1. The maximum Gasteiger partial charge on any atom is 0.0637 e. The Morgan fingerprint density at radius 2 is 1.78 bits per heavy atom. The number of benzene rings is 1. The molecule has 1 aliphatic rings. The predicted octanol–water partition coefficient (Wildman–Crippen LogP) is 4.91. The Morgan fingerprint density at radius 1 is 1.11 bits per heavy atom. The van der Waals surface area contributed by atoms with Crippen molar-refractivity contribution in [2.75, 3.05) is 0 Å². The normalized spacial score (nSPS) is 28.3. The second-order valence-corrected chi connectivity index (χ2v) is 6.49. The SMILES string of the molecule is CC1CC(C)CC(NCc2cccc(Cl)c2Cl)C1. The molecule has 0 saturated heterocycles. The lowest BCUT2D eigenvalue weighted by Gasteiger charge is -2.32. The molecule has 2 rings (SSSR count). The molecule has 0 radical (unpaired) electrons. The Morgan fingerprint density at radius 3 is 2.44 bits per heavy atom. The summed E-state index contributed by atoms with van der Waals surface area (Å²) in [6.45, 7) is 5.50. The Bertz CT molecular complexity index is 395. The van der Waals surface area contributed by atoms with Gasteiger partial charge in [0, 0.05) is 12.6 Å². The van der Waals surface area contributed by atoms with Crippen LogP contribution in [0, 0.1) is 11.8 Å². The van der Waals surface area contributed by atoms with Crippen molar-refractivity contribution in [1.29, 1.82) is 0 Å². The maximum atomic E-state index is 6.20. The molecule has 0 heterocycles. The van der Waals surface area contributed by atoms with E-state index in [0.29, 0.717) is 16.1 Å². The minimum Gasteiger partial charge on any atom is -0.310 e. The van der Waals surface area contributed by atoms with Crippen LogP contribution in [0.5, 0.6) is 0 Å². The van der Waals surface area contributed by atoms with E-state index in [9.17, 15) is 0 Å². The van der Waals surface area contributed by atoms with Crippen LogP contribution in [-0.4, -0.2) is 6.04 Å². The fraction of sp³-hybridized carbons (Fsp3) is 0.600. The smallest absolute Gasteiger partial charge is 0.0637 e. The molecular weight excluding hydrogens is 265 g/mol. The van der Waals surface area contributed by atoms with Crippen molar-refractivity contribution in [3.63, 3.8) is 0 Å². The van der Waals surface area contributed by atoms with Crippen molar-refractivity contribution < 1.29 is 0 Å². The van der Waals surface area contributed by atoms with Crippen molar-refractivity contribution in [2.45, 2.75) is 45.7 Å². The summed E-state index contributed by atoms with van der Waals surface area (Å²) in [6.07, 6.45) is 3.89. The first kappa shape index (κ1) is 14.2. The van der Waals surface area contributed by atoms with Gasteiger partial charge in [-0.2, -0.15) is 0 Å². The Hall–Kier alpha value is -0.240. The summed E-state index contributed by atoms with van der Waals surface area (Å²) < 4.78 is 0. The summed E-state index contributed by atoms with van der Waals surface area (Å²) in [6, 6.07) is 6.44. The fourth-order valence-electron chi connectivity index (χ4n) is 3.05. The molecule has 2 unspecified atom stereocenters. The third kappa shape index (κ3) is 3.63. The molecule has 0 spiro atoms. The Kier molecular flexibility index (Phi) is 4.94. The molecule has 1 aliphatic carbocycles. The van der Waals surface area contributed by atoms with E-state index in [0.717, 1.165) is 23.9 Å². The quantitative estimate of drug-likeness (QED) is 0.832. The van der Waals surface area contributed by atoms with Crippen LogP contribution in [0.4, 0.5) is 0 Å². The van der Waals surface area contributed by atoms with Crippen molar-refractivity contribution in [3.8, 4) is 0 Å². The van der Waals surface area contributed by atoms with Gasteiger partial charge in [0.05, 0.1) is 10.0 Å². The van der Waals surface area contributed by atoms with Gasteiger partial charge in [-0.3, -0.25) is 0 Å². The number of hydrogen-bond acceptors (Lipinski definition) is 1. The number of halogens is 2. The molecule has 1 nitrogen and oxygen atoms in total. The van der Waals surface area contributed by atoms with Gasteiger partial charge < -0.3 is 5.32 Å². The van der Waals surface area contributed by atoms with E-state index in [2.05, 4.69) is 19.2 Å². The predicted molar refractivity (Wildman–Crippen MR) is 79.3 cm³/mol. The lowest BCUT2D eigenvalue weighted by atomic mass is 9.80. The van der Waals surface area contributed by atoms with Gasteiger partial charge >= 0.3 is 0 Å². The highest BCUT2D eigenvalue weighted by atomic mass is 35.5. The second kappa shape index (κ2) is 6.27. The highest BCUT2D eigenvalue weighted by Crippen LogP contribution is 2.29. The lowest BCUT2D eigenvalue weighted by molar-refractivity contribution is 0.238. The van der Waals surface area contributed by atoms with Gasteiger partial charge in [-0.15, -0.1) is 0 Å². The largest absolute Gasteiger partial charge is 0.310 e. The molecule has 0 aliphatic heterocycles. The summed E-state index contributed by atoms with van der Waals surface area (Å²) in [5.41, 5.74) is 1.09. The molecule has 1 aromatic rings. The topological polar surface area (TPSA) is 12.0 Å². The summed E-state index contributed by atoms with van der Waals surface area (Å²) >= 11 is 12.2. The third-order valence-corrected chi connectivity index (χ3v) is 4.65. The summed E-state index contributed by atoms with van der Waals surface area (Å²) in [7, 11) is 0. The average molecular weight is 286 g/mol. The summed E-state index contributed by atoms with van der Waals surface area (Å²) in [5.74, 6) is 1.64. The average Bonchev–Trinajstić information content (AvgIpc) is 2.30. The van der Waals surface area contributed by atoms with E-state index < -0.39 is 0 Å². The van der Waals surface area contributed by atoms with E-state index in [4.69, 9.17) is 23.2 Å². The minimum atomic E-state index is 0.610. The fourth-order valence-corrected chi connectivity index (χ4v) is 3.44. The number of nitrogens with one attached hydrogen (secondary N) is 1. The van der Waals surface area contributed by atoms with Crippen LogP contribution in [0.3, 0.4) is 0 Å². The number of rotatable bonds is 3. The van der Waals surface area contributed by atoms with E-state index in [-0.39, 0.29) is 0 Å². The molecule has 0 amide bonds. The van der Waals surface area contributed by atoms with Crippen LogP contribution < -0.4 is 5.32 Å². The third-order valence-electron chi connectivity index (χ3n) is 3.79. The molecule has 2 atom stereocenters. The van der Waals surface area contributed by atoms with Gasteiger partial charge in [0.25, 0.3) is 0 Å². The van der Waals surface area contributed by atoms with Crippen molar-refractivity contribution in [3.05, 3.63) is 33.8 Å². The highest BCUT2D eigenvalue weighted by molar-refractivity contribution is 6.42. The van der Waals surface area contributed by atoms with Crippen molar-refractivity contribution in [2.24, 2.45) is 11.8 Å². The Labute approximate surface area is 120 Å². The molecule has 3 heteroatoms. The van der Waals surface area contributed by atoms with Crippen LogP contribution in [0.25, 0.3) is 0 Å². The first-order chi connectivity index (χ1) is 8.56. The van der Waals surface area contributed by atoms with Crippen molar-refractivity contribution in [1.82, 2.24) is 5.32 Å². The summed E-state index contributed by atoms with van der Waals surface area (Å²) in [4.78, 5) is 0. The summed E-state index contributed by atoms with van der Waals surface area (Å²) in [5, 5.41) is 4.95. The standard InChI is InChI=1S/C15H21Cl2N/c1-10-6-11(2)8-13(7-10)18-9-12-4-3-5-14(16)15(12)17/h3-5,10-11,13,18H,6-9H2,1-2H3. The van der Waals surface area contributed by atoms with Crippen LogP contribution in [-0.2, 0) is 6.54 Å². The van der Waals surface area contributed by atoms with Gasteiger partial charge in [-0.05, 0) is 42.7 Å². The zero-order chi connectivity index (χ0) is 13.1. The van der Waals surface area contributed by atoms with Crippen LogP contribution in [0.1, 0.15) is 38.7 Å². The van der Waals surface area contributed by atoms with Gasteiger partial charge in [0.2, 0.25) is 0 Å². The van der Waals surface area contributed by atoms with E-state index >= 15 is 0 Å². The first-order valence-electron chi connectivity index (χ1n) is 6.72. The van der Waals surface area contributed by atoms with Crippen LogP contribution in [0.2, 0.25) is 10.0 Å². The van der Waals surface area contributed by atoms with Gasteiger partial charge in [0.1, 0.15) is 0 Å². The van der Waals surface area contributed by atoms with Gasteiger partial charge in [-0.25, -0.2) is 0 Å². The second-order valence-electron chi connectivity index (χ2n) is 5.71. The monoisotopic (exact) mass is 285 g/mol. The zero-order valence-corrected chi connectivity index (χ0v) is 12.6. The molecule has 0 aromatic heterocycles. The maximum absolute atomic E-state index is 6.20.